The molecule has 19 heavy (non-hydrogen) atoms. The van der Waals surface area contributed by atoms with Crippen molar-refractivity contribution in [2.45, 2.75) is 32.6 Å². The molecular weight excluding hydrogens is 324 g/mol. The van der Waals surface area contributed by atoms with Crippen molar-refractivity contribution in [2.75, 3.05) is 0 Å². The van der Waals surface area contributed by atoms with E-state index in [1.807, 2.05) is 0 Å². The Morgan fingerprint density at radius 2 is 1.95 bits per heavy atom. The van der Waals surface area contributed by atoms with Crippen LogP contribution < -0.4 is 62.9 Å². The molecule has 0 bridgehead atoms. The van der Waals surface area contributed by atoms with Crippen LogP contribution in [0.2, 0.25) is 0 Å². The maximum Gasteiger partial charge on any atom is 1.00 e. The average molecular weight is 339 g/mol. The van der Waals surface area contributed by atoms with E-state index >= 15 is 0 Å². The molecule has 1 aromatic carbocycles. The Bertz CT molecular complexity index is 443. The number of hydrogen-bond donors (Lipinski definition) is 0. The predicted molar refractivity (Wildman–Crippen MR) is 62.0 cm³/mol. The summed E-state index contributed by atoms with van der Waals surface area (Å²) in [4.78, 5) is 11.8. The molecule has 0 radical (unpaired) electrons. The Kier molecular flexibility index (Phi) is 7.29. The van der Waals surface area contributed by atoms with E-state index in [4.69, 9.17) is 4.74 Å². The van der Waals surface area contributed by atoms with Gasteiger partial charge in [-0.15, -0.1) is 12.1 Å². The quantitative estimate of drug-likeness (QED) is 0.446. The van der Waals surface area contributed by atoms with Crippen LogP contribution in [-0.2, 0) is 4.79 Å². The molecular formula is C14H15F2O2Rb. The Hall–Kier alpha value is 0.355. The average Bonchev–Trinajstić information content (AvgIpc) is 2.36. The fraction of sp³-hybridized carbons (Fsp3) is 0.500. The van der Waals surface area contributed by atoms with Gasteiger partial charge in [-0.25, -0.2) is 4.39 Å². The van der Waals surface area contributed by atoms with Gasteiger partial charge >= 0.3 is 64.2 Å². The summed E-state index contributed by atoms with van der Waals surface area (Å²) in [6.07, 6.45) is 3.45. The molecule has 1 aromatic rings. The van der Waals surface area contributed by atoms with Crippen LogP contribution in [0.15, 0.2) is 12.1 Å². The van der Waals surface area contributed by atoms with E-state index in [1.54, 1.807) is 0 Å². The number of carbonyl (C=O) groups is 1. The molecule has 2 nitrogen and oxygen atoms in total. The van der Waals surface area contributed by atoms with Gasteiger partial charge in [-0.2, -0.15) is 6.07 Å². The molecule has 1 saturated carbocycles. The van der Waals surface area contributed by atoms with Crippen molar-refractivity contribution in [3.63, 3.8) is 0 Å². The molecule has 1 aliphatic rings. The van der Waals surface area contributed by atoms with Gasteiger partial charge in [0, 0.05) is 5.82 Å². The molecule has 1 fully saturated rings. The Morgan fingerprint density at radius 3 is 2.58 bits per heavy atom. The second-order valence-corrected chi connectivity index (χ2v) is 4.85. The molecule has 0 unspecified atom stereocenters. The first-order valence-electron chi connectivity index (χ1n) is 6.15. The van der Waals surface area contributed by atoms with E-state index in [-0.39, 0.29) is 69.9 Å². The summed E-state index contributed by atoms with van der Waals surface area (Å²) >= 11 is 0. The molecule has 2 rings (SSSR count). The van der Waals surface area contributed by atoms with Crippen LogP contribution >= 0.6 is 0 Å². The van der Waals surface area contributed by atoms with Crippen molar-refractivity contribution in [3.8, 4) is 5.75 Å². The van der Waals surface area contributed by atoms with Crippen molar-refractivity contribution in [1.82, 2.24) is 0 Å². The van der Waals surface area contributed by atoms with Crippen LogP contribution in [0.5, 0.6) is 5.75 Å². The largest absolute Gasteiger partial charge is 1.00 e. The van der Waals surface area contributed by atoms with E-state index < -0.39 is 17.6 Å². The summed E-state index contributed by atoms with van der Waals surface area (Å²) in [7, 11) is 0. The summed E-state index contributed by atoms with van der Waals surface area (Å²) in [5.41, 5.74) is 0. The fourth-order valence-electron chi connectivity index (χ4n) is 2.20. The number of halogens is 2. The molecule has 0 N–H and O–H groups in total. The Balaban J connectivity index is 0.00000180. The van der Waals surface area contributed by atoms with Gasteiger partial charge in [-0.1, -0.05) is 6.92 Å². The zero-order valence-electron chi connectivity index (χ0n) is 11.2. The third kappa shape index (κ3) is 4.69. The molecule has 5 heteroatoms. The standard InChI is InChI=1S/C14H15F2O2.Rb/c1-9-5-7-10(8-6-9)14(17)18-12-4-2-3-11(15)13(12)16;/h2,4,9-10H,5-8H2,1H3;/q-1;+1. The molecule has 0 aromatic heterocycles. The summed E-state index contributed by atoms with van der Waals surface area (Å²) in [5, 5.41) is 0. The monoisotopic (exact) mass is 338 g/mol. The van der Waals surface area contributed by atoms with E-state index in [9.17, 15) is 13.6 Å². The van der Waals surface area contributed by atoms with Gasteiger partial charge in [0.2, 0.25) is 0 Å². The van der Waals surface area contributed by atoms with Gasteiger partial charge in [0.1, 0.15) is 0 Å². The zero-order chi connectivity index (χ0) is 13.1. The zero-order valence-corrected chi connectivity index (χ0v) is 16.1. The third-order valence-corrected chi connectivity index (χ3v) is 3.41. The van der Waals surface area contributed by atoms with Crippen LogP contribution in [0.25, 0.3) is 0 Å². The van der Waals surface area contributed by atoms with Gasteiger partial charge < -0.3 is 4.74 Å². The molecule has 1 aliphatic carbocycles. The van der Waals surface area contributed by atoms with Crippen LogP contribution in [0.1, 0.15) is 32.6 Å². The van der Waals surface area contributed by atoms with E-state index in [2.05, 4.69) is 13.0 Å². The maximum absolute atomic E-state index is 13.3. The number of ether oxygens (including phenoxy) is 1. The Labute approximate surface area is 160 Å². The minimum atomic E-state index is -1.16. The number of rotatable bonds is 2. The topological polar surface area (TPSA) is 26.3 Å². The Morgan fingerprint density at radius 1 is 1.32 bits per heavy atom. The van der Waals surface area contributed by atoms with Crippen LogP contribution in [-0.4, -0.2) is 5.97 Å². The van der Waals surface area contributed by atoms with Gasteiger partial charge in [-0.3, -0.25) is 9.18 Å². The SMILES string of the molecule is CC1CCC(C(=O)Oc2cc[c-]c(F)c2F)CC1.[Rb+]. The van der Waals surface area contributed by atoms with E-state index in [0.717, 1.165) is 25.7 Å². The fourth-order valence-corrected chi connectivity index (χ4v) is 2.20. The molecule has 0 aliphatic heterocycles. The van der Waals surface area contributed by atoms with Crippen molar-refractivity contribution in [3.05, 3.63) is 29.8 Å². The number of esters is 1. The smallest absolute Gasteiger partial charge is 0.450 e. The normalized spacial score (nSPS) is 22.5. The van der Waals surface area contributed by atoms with Gasteiger partial charge in [-0.05, 0) is 31.6 Å². The minimum Gasteiger partial charge on any atom is -0.450 e. The van der Waals surface area contributed by atoms with Crippen LogP contribution in [0.4, 0.5) is 8.78 Å². The molecule has 0 heterocycles. The summed E-state index contributed by atoms with van der Waals surface area (Å²) in [6, 6.07) is 4.47. The van der Waals surface area contributed by atoms with Crippen molar-refractivity contribution < 1.29 is 76.5 Å². The maximum atomic E-state index is 13.3. The number of carbonyl (C=O) groups excluding carboxylic acids is 1. The molecule has 0 atom stereocenters. The second-order valence-electron chi connectivity index (χ2n) is 4.85. The molecule has 98 valence electrons. The van der Waals surface area contributed by atoms with Gasteiger partial charge in [0.25, 0.3) is 0 Å². The molecule has 0 spiro atoms. The van der Waals surface area contributed by atoms with Crippen LogP contribution in [0, 0.1) is 29.5 Å². The van der Waals surface area contributed by atoms with Crippen molar-refractivity contribution in [2.24, 2.45) is 11.8 Å². The minimum absolute atomic E-state index is 0. The summed E-state index contributed by atoms with van der Waals surface area (Å²) < 4.78 is 31.1. The van der Waals surface area contributed by atoms with Crippen molar-refractivity contribution >= 4 is 5.97 Å². The number of hydrogen-bond acceptors (Lipinski definition) is 2. The molecule has 0 saturated heterocycles. The van der Waals surface area contributed by atoms with E-state index in [1.165, 1.54) is 12.1 Å². The first-order chi connectivity index (χ1) is 8.58. The van der Waals surface area contributed by atoms with E-state index in [0.29, 0.717) is 5.92 Å². The summed E-state index contributed by atoms with van der Waals surface area (Å²) in [6.45, 7) is 2.14. The van der Waals surface area contributed by atoms with Crippen LogP contribution in [0.3, 0.4) is 0 Å². The van der Waals surface area contributed by atoms with Gasteiger partial charge in [0.15, 0.2) is 0 Å². The molecule has 0 amide bonds. The summed E-state index contributed by atoms with van der Waals surface area (Å²) in [5.74, 6) is -2.68. The second kappa shape index (κ2) is 7.96. The van der Waals surface area contributed by atoms with Crippen molar-refractivity contribution in [1.29, 1.82) is 0 Å². The third-order valence-electron chi connectivity index (χ3n) is 3.41. The van der Waals surface area contributed by atoms with Gasteiger partial charge in [0.05, 0.1) is 17.5 Å². The number of benzene rings is 1. The predicted octanol–water partition coefficient (Wildman–Crippen LogP) is 0.501. The first-order valence-corrected chi connectivity index (χ1v) is 6.15. The first kappa shape index (κ1) is 17.4.